The fourth-order valence-electron chi connectivity index (χ4n) is 7.13. The van der Waals surface area contributed by atoms with Crippen LogP contribution in [0.3, 0.4) is 0 Å². The van der Waals surface area contributed by atoms with Crippen LogP contribution in [0.2, 0.25) is 0 Å². The molecule has 6 heteroatoms. The van der Waals surface area contributed by atoms with Crippen LogP contribution in [0.25, 0.3) is 92.2 Å². The summed E-state index contributed by atoms with van der Waals surface area (Å²) in [5.41, 5.74) is 2.04. The van der Waals surface area contributed by atoms with Crippen molar-refractivity contribution in [2.75, 3.05) is 0 Å². The Bertz CT molecular complexity index is 2740. The van der Waals surface area contributed by atoms with Crippen LogP contribution < -0.4 is 0 Å². The normalized spacial score (nSPS) is 12.9. The van der Waals surface area contributed by atoms with Crippen molar-refractivity contribution in [3.63, 3.8) is 0 Å². The van der Waals surface area contributed by atoms with Crippen LogP contribution in [0.1, 0.15) is 0 Å². The number of hydrogen-bond donors (Lipinski definition) is 0. The second-order valence-corrected chi connectivity index (χ2v) is 10.5. The molecule has 0 N–H and O–H groups in total. The fraction of sp³-hybridized carbons (Fsp3) is 0. The van der Waals surface area contributed by atoms with Gasteiger partial charge in [-0.05, 0) is 51.2 Å². The van der Waals surface area contributed by atoms with E-state index in [1.54, 1.807) is 24.3 Å². The summed E-state index contributed by atoms with van der Waals surface area (Å²) in [4.78, 5) is 9.62. The molecule has 0 bridgehead atoms. The SMILES string of the molecule is Fc1ccc2c3nc(F)n4c(nc5c6ccc(F)c7ccc8cccc(c8c76)c54)c3c3cccc4ccc1c2c43. The molecule has 186 valence electrons. The first kappa shape index (κ1) is 20.7. The average Bonchev–Trinajstić information content (AvgIpc) is 3.38. The van der Waals surface area contributed by atoms with Crippen LogP contribution in [0.4, 0.5) is 13.2 Å². The zero-order valence-electron chi connectivity index (χ0n) is 20.6. The number of benzene rings is 8. The highest BCUT2D eigenvalue weighted by Gasteiger charge is 2.25. The summed E-state index contributed by atoms with van der Waals surface area (Å²) in [5, 5.41) is 9.89. The third-order valence-electron chi connectivity index (χ3n) is 8.70. The summed E-state index contributed by atoms with van der Waals surface area (Å²) >= 11 is 0. The van der Waals surface area contributed by atoms with Crippen LogP contribution in [0.5, 0.6) is 0 Å². The van der Waals surface area contributed by atoms with Crippen molar-refractivity contribution >= 4 is 92.2 Å². The Morgan fingerprint density at radius 2 is 1.02 bits per heavy atom. The molecule has 2 aromatic heterocycles. The van der Waals surface area contributed by atoms with Gasteiger partial charge in [-0.1, -0.05) is 60.7 Å². The van der Waals surface area contributed by atoms with E-state index in [1.165, 1.54) is 16.5 Å². The molecule has 0 unspecified atom stereocenters. The molecule has 0 fully saturated rings. The van der Waals surface area contributed by atoms with Crippen molar-refractivity contribution in [2.45, 2.75) is 0 Å². The predicted octanol–water partition coefficient (Wildman–Crippen LogP) is 9.25. The van der Waals surface area contributed by atoms with Crippen LogP contribution in [0, 0.1) is 17.7 Å². The summed E-state index contributed by atoms with van der Waals surface area (Å²) in [7, 11) is 0. The summed E-state index contributed by atoms with van der Waals surface area (Å²) < 4.78 is 47.8. The maximum Gasteiger partial charge on any atom is 0.296 e. The molecule has 0 spiro atoms. The molecular formula is C34H14F3N3. The van der Waals surface area contributed by atoms with Gasteiger partial charge in [0.2, 0.25) is 0 Å². The second-order valence-electron chi connectivity index (χ2n) is 10.5. The zero-order chi connectivity index (χ0) is 26.4. The standard InChI is InChI=1S/C34H14F3N3/c35-23-13-11-20-27-17(23)9-7-15-3-1-5-19(25(15)27)29-30(20)39-34(37)40-32-22-6-2-4-16-8-10-18-24(36)14-12-21(28(18)26(16)22)31(32)38-33(29)40/h1-14H. The fourth-order valence-corrected chi connectivity index (χ4v) is 7.13. The van der Waals surface area contributed by atoms with E-state index in [4.69, 9.17) is 4.98 Å². The van der Waals surface area contributed by atoms with E-state index in [9.17, 15) is 4.39 Å². The number of halogens is 3. The minimum Gasteiger partial charge on any atom is -0.251 e. The number of rotatable bonds is 0. The summed E-state index contributed by atoms with van der Waals surface area (Å²) in [6.07, 6.45) is -0.707. The average molecular weight is 522 g/mol. The Balaban J connectivity index is 1.57. The first-order chi connectivity index (χ1) is 19.6. The molecular weight excluding hydrogens is 507 g/mol. The van der Waals surface area contributed by atoms with Crippen molar-refractivity contribution in [3.05, 3.63) is 103 Å². The molecule has 3 nitrogen and oxygen atoms in total. The lowest BCUT2D eigenvalue weighted by Crippen LogP contribution is -2.01. The van der Waals surface area contributed by atoms with E-state index in [0.717, 1.165) is 48.5 Å². The molecule has 0 aliphatic rings. The lowest BCUT2D eigenvalue weighted by Gasteiger charge is -2.15. The molecule has 0 aliphatic carbocycles. The molecule has 2 heterocycles. The number of nitrogens with zero attached hydrogens (tertiary/aromatic N) is 3. The third-order valence-corrected chi connectivity index (χ3v) is 8.70. The molecule has 40 heavy (non-hydrogen) atoms. The van der Waals surface area contributed by atoms with Gasteiger partial charge in [0.15, 0.2) is 5.65 Å². The molecule has 0 radical (unpaired) electrons. The highest BCUT2D eigenvalue weighted by molar-refractivity contribution is 6.37. The maximum absolute atomic E-state index is 16.3. The Morgan fingerprint density at radius 1 is 0.450 bits per heavy atom. The van der Waals surface area contributed by atoms with Crippen molar-refractivity contribution in [1.29, 1.82) is 0 Å². The lowest BCUT2D eigenvalue weighted by molar-refractivity contribution is 0.534. The summed E-state index contributed by atoms with van der Waals surface area (Å²) in [6, 6.07) is 25.4. The van der Waals surface area contributed by atoms with Gasteiger partial charge in [0, 0.05) is 37.7 Å². The van der Waals surface area contributed by atoms with Crippen LogP contribution in [-0.2, 0) is 0 Å². The van der Waals surface area contributed by atoms with Gasteiger partial charge in [-0.25, -0.2) is 18.7 Å². The Labute approximate surface area is 222 Å². The van der Waals surface area contributed by atoms with E-state index in [0.29, 0.717) is 43.7 Å². The van der Waals surface area contributed by atoms with E-state index in [-0.39, 0.29) is 11.6 Å². The molecule has 0 saturated carbocycles. The smallest absolute Gasteiger partial charge is 0.251 e. The lowest BCUT2D eigenvalue weighted by atomic mass is 9.91. The highest BCUT2D eigenvalue weighted by Crippen LogP contribution is 2.45. The molecule has 0 aliphatic heterocycles. The van der Waals surface area contributed by atoms with Gasteiger partial charge in [0.25, 0.3) is 6.08 Å². The van der Waals surface area contributed by atoms with Crippen LogP contribution in [0.15, 0.2) is 84.9 Å². The van der Waals surface area contributed by atoms with Gasteiger partial charge >= 0.3 is 0 Å². The van der Waals surface area contributed by atoms with Gasteiger partial charge in [0.05, 0.1) is 21.9 Å². The number of fused-ring (bicyclic) bond motifs is 9. The number of hydrogen-bond acceptors (Lipinski definition) is 2. The first-order valence-corrected chi connectivity index (χ1v) is 13.0. The van der Waals surface area contributed by atoms with Gasteiger partial charge in [0.1, 0.15) is 11.6 Å². The maximum atomic E-state index is 16.3. The zero-order valence-corrected chi connectivity index (χ0v) is 20.6. The summed E-state index contributed by atoms with van der Waals surface area (Å²) in [5.74, 6) is -0.639. The Hall–Kier alpha value is -5.23. The summed E-state index contributed by atoms with van der Waals surface area (Å²) in [6.45, 7) is 0. The quantitative estimate of drug-likeness (QED) is 0.113. The molecule has 10 aromatic rings. The molecule has 0 saturated heterocycles. The van der Waals surface area contributed by atoms with E-state index in [2.05, 4.69) is 4.98 Å². The minimum atomic E-state index is -0.707. The Morgan fingerprint density at radius 3 is 1.70 bits per heavy atom. The van der Waals surface area contributed by atoms with Gasteiger partial charge in [-0.2, -0.15) is 4.39 Å². The molecule has 8 aromatic carbocycles. The van der Waals surface area contributed by atoms with Crippen LogP contribution >= 0.6 is 0 Å². The van der Waals surface area contributed by atoms with E-state index in [1.807, 2.05) is 48.5 Å². The van der Waals surface area contributed by atoms with Gasteiger partial charge in [-0.3, -0.25) is 4.40 Å². The molecule has 10 rings (SSSR count). The first-order valence-electron chi connectivity index (χ1n) is 13.0. The largest absolute Gasteiger partial charge is 0.296 e. The van der Waals surface area contributed by atoms with Gasteiger partial charge < -0.3 is 0 Å². The number of aromatic nitrogens is 3. The van der Waals surface area contributed by atoms with E-state index >= 15 is 8.78 Å². The van der Waals surface area contributed by atoms with Crippen LogP contribution in [-0.4, -0.2) is 14.4 Å². The molecule has 0 amide bonds. The van der Waals surface area contributed by atoms with Crippen molar-refractivity contribution in [2.24, 2.45) is 0 Å². The van der Waals surface area contributed by atoms with Gasteiger partial charge in [-0.15, -0.1) is 0 Å². The van der Waals surface area contributed by atoms with E-state index < -0.39 is 6.08 Å². The topological polar surface area (TPSA) is 30.2 Å². The van der Waals surface area contributed by atoms with Crippen molar-refractivity contribution < 1.29 is 13.2 Å². The highest BCUT2D eigenvalue weighted by atomic mass is 19.1. The Kier molecular flexibility index (Phi) is 3.45. The van der Waals surface area contributed by atoms with Crippen molar-refractivity contribution in [1.82, 2.24) is 14.4 Å². The number of imidazole rings is 1. The molecule has 0 atom stereocenters. The predicted molar refractivity (Wildman–Crippen MR) is 155 cm³/mol. The monoisotopic (exact) mass is 521 g/mol. The minimum absolute atomic E-state index is 0.309. The second kappa shape index (κ2) is 6.66. The third kappa shape index (κ3) is 2.19. The van der Waals surface area contributed by atoms with Crippen molar-refractivity contribution in [3.8, 4) is 0 Å².